The number of ether oxygens (including phenoxy) is 2. The van der Waals surface area contributed by atoms with E-state index in [-0.39, 0.29) is 30.6 Å². The Balaban J connectivity index is 1.13. The number of H-pyrrole nitrogens is 1. The van der Waals surface area contributed by atoms with Gasteiger partial charge in [0.15, 0.2) is 22.1 Å². The van der Waals surface area contributed by atoms with Gasteiger partial charge < -0.3 is 24.3 Å². The van der Waals surface area contributed by atoms with E-state index in [4.69, 9.17) is 21.7 Å². The van der Waals surface area contributed by atoms with Crippen molar-refractivity contribution in [3.05, 3.63) is 92.5 Å². The van der Waals surface area contributed by atoms with Gasteiger partial charge in [-0.15, -0.1) is 0 Å². The minimum Gasteiger partial charge on any atom is -0.454 e. The van der Waals surface area contributed by atoms with Gasteiger partial charge in [-0.3, -0.25) is 19.0 Å². The van der Waals surface area contributed by atoms with Crippen LogP contribution in [0.3, 0.4) is 0 Å². The number of nitrogens with zero attached hydrogens (tertiary/aromatic N) is 3. The summed E-state index contributed by atoms with van der Waals surface area (Å²) in [6, 6.07) is 18.3. The van der Waals surface area contributed by atoms with E-state index in [0.717, 1.165) is 11.3 Å². The summed E-state index contributed by atoms with van der Waals surface area (Å²) in [6.45, 7) is 4.59. The van der Waals surface area contributed by atoms with Gasteiger partial charge in [-0.25, -0.2) is 0 Å². The number of carbonyl (C=O) groups excluding carboxylic acids is 2. The molecule has 39 heavy (non-hydrogen) atoms. The number of anilines is 1. The fourth-order valence-corrected chi connectivity index (χ4v) is 5.24. The Morgan fingerprint density at radius 2 is 1.54 bits per heavy atom. The molecule has 0 aliphatic carbocycles. The number of benzene rings is 3. The van der Waals surface area contributed by atoms with Crippen LogP contribution in [0.5, 0.6) is 11.5 Å². The van der Waals surface area contributed by atoms with E-state index in [2.05, 4.69) is 9.88 Å². The second-order valence-electron chi connectivity index (χ2n) is 9.65. The molecule has 0 spiro atoms. The van der Waals surface area contributed by atoms with E-state index in [1.165, 1.54) is 4.57 Å². The summed E-state index contributed by atoms with van der Waals surface area (Å²) in [5.74, 6) is 1.13. The number of Topliss-reactive ketones (excluding diaryl/α,β-unsaturated/α-hetero) is 1. The summed E-state index contributed by atoms with van der Waals surface area (Å²) < 4.78 is 12.6. The average Bonchev–Trinajstić information content (AvgIpc) is 3.42. The van der Waals surface area contributed by atoms with Crippen molar-refractivity contribution in [3.63, 3.8) is 0 Å². The van der Waals surface area contributed by atoms with E-state index < -0.39 is 0 Å². The van der Waals surface area contributed by atoms with Crippen LogP contribution in [0.25, 0.3) is 10.9 Å². The SMILES string of the molecule is CC(=O)c1ccc(N2CCN(C(=O)c3ccc(Cn4c(=S)[nH]c5cc6c(cc5c4=O)OCO6)cc3)CC2)cc1. The molecule has 0 bridgehead atoms. The van der Waals surface area contributed by atoms with Crippen molar-refractivity contribution in [1.29, 1.82) is 0 Å². The number of piperazine rings is 1. The first-order chi connectivity index (χ1) is 18.9. The van der Waals surface area contributed by atoms with Crippen molar-refractivity contribution >= 4 is 40.5 Å². The monoisotopic (exact) mass is 542 g/mol. The summed E-state index contributed by atoms with van der Waals surface area (Å²) in [6.07, 6.45) is 0. The van der Waals surface area contributed by atoms with Crippen LogP contribution in [-0.4, -0.2) is 59.1 Å². The van der Waals surface area contributed by atoms with Crippen LogP contribution in [0.15, 0.2) is 65.5 Å². The standard InChI is InChI=1S/C29H26N4O5S/c1-18(34)20-6-8-22(9-7-20)31-10-12-32(13-11-31)27(35)21-4-2-19(3-5-21)16-33-28(36)23-14-25-26(38-17-37-25)15-24(23)30-29(33)39/h2-9,14-15H,10-13,16-17H2,1H3,(H,30,39). The number of fused-ring (bicyclic) bond motifs is 2. The molecule has 1 fully saturated rings. The van der Waals surface area contributed by atoms with Crippen LogP contribution in [-0.2, 0) is 6.54 Å². The quantitative estimate of drug-likeness (QED) is 0.301. The maximum atomic E-state index is 13.2. The number of ketones is 1. The number of hydrogen-bond acceptors (Lipinski definition) is 7. The zero-order chi connectivity index (χ0) is 27.1. The number of aromatic amines is 1. The Morgan fingerprint density at radius 3 is 2.21 bits per heavy atom. The van der Waals surface area contributed by atoms with Gasteiger partial charge in [-0.2, -0.15) is 0 Å². The van der Waals surface area contributed by atoms with Gasteiger partial charge in [0, 0.05) is 49.1 Å². The number of rotatable bonds is 5. The maximum absolute atomic E-state index is 13.2. The molecule has 2 aliphatic heterocycles. The molecule has 4 aromatic rings. The minimum atomic E-state index is -0.221. The Bertz CT molecular complexity index is 1700. The molecular weight excluding hydrogens is 516 g/mol. The molecule has 3 aromatic carbocycles. The maximum Gasteiger partial charge on any atom is 0.262 e. The Kier molecular flexibility index (Phi) is 6.40. The van der Waals surface area contributed by atoms with E-state index >= 15 is 0 Å². The van der Waals surface area contributed by atoms with Gasteiger partial charge >= 0.3 is 0 Å². The molecule has 6 rings (SSSR count). The fraction of sp³-hybridized carbons (Fsp3) is 0.241. The predicted molar refractivity (Wildman–Crippen MR) is 150 cm³/mol. The van der Waals surface area contributed by atoms with Crippen LogP contribution in [0.2, 0.25) is 0 Å². The molecule has 198 valence electrons. The van der Waals surface area contributed by atoms with E-state index in [9.17, 15) is 14.4 Å². The zero-order valence-electron chi connectivity index (χ0n) is 21.3. The molecule has 1 amide bonds. The van der Waals surface area contributed by atoms with Crippen LogP contribution in [0.1, 0.15) is 33.2 Å². The topological polar surface area (TPSA) is 96.9 Å². The van der Waals surface area contributed by atoms with Crippen LogP contribution < -0.4 is 19.9 Å². The highest BCUT2D eigenvalue weighted by molar-refractivity contribution is 7.71. The first kappa shape index (κ1) is 24.9. The first-order valence-corrected chi connectivity index (χ1v) is 13.1. The third-order valence-electron chi connectivity index (χ3n) is 7.22. The lowest BCUT2D eigenvalue weighted by Gasteiger charge is -2.36. The Labute approximate surface area is 229 Å². The highest BCUT2D eigenvalue weighted by Gasteiger charge is 2.23. The zero-order valence-corrected chi connectivity index (χ0v) is 22.1. The van der Waals surface area contributed by atoms with Crippen molar-refractivity contribution in [2.45, 2.75) is 13.5 Å². The van der Waals surface area contributed by atoms with Gasteiger partial charge in [-0.1, -0.05) is 12.1 Å². The molecule has 1 saturated heterocycles. The lowest BCUT2D eigenvalue weighted by molar-refractivity contribution is 0.0746. The highest BCUT2D eigenvalue weighted by atomic mass is 32.1. The number of hydrogen-bond donors (Lipinski definition) is 1. The summed E-state index contributed by atoms with van der Waals surface area (Å²) >= 11 is 5.46. The van der Waals surface area contributed by atoms with Gasteiger partial charge in [0.1, 0.15) is 0 Å². The first-order valence-electron chi connectivity index (χ1n) is 12.7. The molecule has 1 N–H and O–H groups in total. The van der Waals surface area contributed by atoms with Crippen LogP contribution >= 0.6 is 12.2 Å². The predicted octanol–water partition coefficient (Wildman–Crippen LogP) is 4.00. The Morgan fingerprint density at radius 1 is 0.897 bits per heavy atom. The molecule has 2 aliphatic rings. The number of aromatic nitrogens is 2. The van der Waals surface area contributed by atoms with E-state index in [1.807, 2.05) is 41.3 Å². The average molecular weight is 543 g/mol. The van der Waals surface area contributed by atoms with E-state index in [0.29, 0.717) is 64.5 Å². The number of nitrogens with one attached hydrogen (secondary N) is 1. The van der Waals surface area contributed by atoms with Crippen LogP contribution in [0.4, 0.5) is 5.69 Å². The third kappa shape index (κ3) is 4.79. The van der Waals surface area contributed by atoms with Crippen molar-refractivity contribution in [2.24, 2.45) is 0 Å². The normalized spacial score (nSPS) is 14.6. The van der Waals surface area contributed by atoms with Gasteiger partial charge in [0.2, 0.25) is 6.79 Å². The summed E-state index contributed by atoms with van der Waals surface area (Å²) in [7, 11) is 0. The lowest BCUT2D eigenvalue weighted by atomic mass is 10.1. The lowest BCUT2D eigenvalue weighted by Crippen LogP contribution is -2.48. The van der Waals surface area contributed by atoms with Gasteiger partial charge in [0.05, 0.1) is 17.4 Å². The summed E-state index contributed by atoms with van der Waals surface area (Å²) in [4.78, 5) is 45.1. The molecule has 9 nitrogen and oxygen atoms in total. The molecule has 0 radical (unpaired) electrons. The molecule has 10 heteroatoms. The van der Waals surface area contributed by atoms with Crippen molar-refractivity contribution in [3.8, 4) is 11.5 Å². The number of carbonyl (C=O) groups is 2. The van der Waals surface area contributed by atoms with Crippen molar-refractivity contribution < 1.29 is 19.1 Å². The third-order valence-corrected chi connectivity index (χ3v) is 7.54. The second kappa shape index (κ2) is 10.0. The molecule has 3 heterocycles. The Hall–Kier alpha value is -4.44. The van der Waals surface area contributed by atoms with Crippen molar-refractivity contribution in [1.82, 2.24) is 14.5 Å². The molecule has 0 saturated carbocycles. The van der Waals surface area contributed by atoms with Gasteiger partial charge in [-0.05, 0) is 67.2 Å². The highest BCUT2D eigenvalue weighted by Crippen LogP contribution is 2.34. The number of amides is 1. The molecule has 0 unspecified atom stereocenters. The van der Waals surface area contributed by atoms with E-state index in [1.54, 1.807) is 31.2 Å². The van der Waals surface area contributed by atoms with Crippen molar-refractivity contribution in [2.75, 3.05) is 37.9 Å². The molecule has 1 aromatic heterocycles. The smallest absolute Gasteiger partial charge is 0.262 e. The largest absolute Gasteiger partial charge is 0.454 e. The summed E-state index contributed by atoms with van der Waals surface area (Å²) in [5.41, 5.74) is 3.56. The molecule has 0 atom stereocenters. The van der Waals surface area contributed by atoms with Crippen LogP contribution in [0, 0.1) is 4.77 Å². The molecular formula is C29H26N4O5S. The van der Waals surface area contributed by atoms with Gasteiger partial charge in [0.25, 0.3) is 11.5 Å². The second-order valence-corrected chi connectivity index (χ2v) is 10.0. The minimum absolute atomic E-state index is 0.0237. The summed E-state index contributed by atoms with van der Waals surface area (Å²) in [5, 5.41) is 0.466. The fourth-order valence-electron chi connectivity index (χ4n) is 4.98.